The third kappa shape index (κ3) is 7.53. The van der Waals surface area contributed by atoms with Crippen LogP contribution >= 0.6 is 40.1 Å². The van der Waals surface area contributed by atoms with Crippen LogP contribution in [0.15, 0.2) is 33.6 Å². The Morgan fingerprint density at radius 2 is 1.90 bits per heavy atom. The molecular formula is C14H22BrClN2OS. The lowest BCUT2D eigenvalue weighted by Gasteiger charge is -2.16. The highest BCUT2D eigenvalue weighted by Gasteiger charge is 2.14. The lowest BCUT2D eigenvalue weighted by Crippen LogP contribution is -2.41. The number of hydrogen-bond acceptors (Lipinski definition) is 3. The molecule has 3 nitrogen and oxygen atoms in total. The molecule has 0 aliphatic rings. The van der Waals surface area contributed by atoms with Gasteiger partial charge in [0.2, 0.25) is 5.91 Å². The maximum absolute atomic E-state index is 12.0. The molecule has 0 saturated heterocycles. The van der Waals surface area contributed by atoms with Crippen molar-refractivity contribution in [3.63, 3.8) is 0 Å². The smallest absolute Gasteiger partial charge is 0.233 e. The number of likely N-dealkylation sites (N-methyl/N-ethyl adjacent to an activating group) is 1. The number of amides is 1. The SMILES string of the molecule is CCN[C@H](C)CNC(=O)C(C)Sc1ccc(Br)cc1.Cl. The van der Waals surface area contributed by atoms with E-state index in [1.54, 1.807) is 11.8 Å². The predicted octanol–water partition coefficient (Wildman–Crippen LogP) is 3.47. The van der Waals surface area contributed by atoms with Crippen molar-refractivity contribution < 1.29 is 4.79 Å². The predicted molar refractivity (Wildman–Crippen MR) is 92.9 cm³/mol. The van der Waals surface area contributed by atoms with E-state index in [1.165, 1.54) is 0 Å². The molecule has 0 aliphatic heterocycles. The molecule has 0 radical (unpaired) electrons. The van der Waals surface area contributed by atoms with Crippen LogP contribution in [0.25, 0.3) is 0 Å². The molecule has 114 valence electrons. The zero-order valence-electron chi connectivity index (χ0n) is 12.0. The van der Waals surface area contributed by atoms with Gasteiger partial charge in [0, 0.05) is 22.0 Å². The van der Waals surface area contributed by atoms with E-state index in [0.29, 0.717) is 12.6 Å². The van der Waals surface area contributed by atoms with E-state index in [9.17, 15) is 4.79 Å². The van der Waals surface area contributed by atoms with Gasteiger partial charge < -0.3 is 10.6 Å². The Balaban J connectivity index is 0.00000361. The summed E-state index contributed by atoms with van der Waals surface area (Å²) in [6.07, 6.45) is 0. The van der Waals surface area contributed by atoms with E-state index in [0.717, 1.165) is 15.9 Å². The Labute approximate surface area is 140 Å². The largest absolute Gasteiger partial charge is 0.354 e. The Hall–Kier alpha value is -0.230. The lowest BCUT2D eigenvalue weighted by atomic mass is 10.3. The molecule has 0 saturated carbocycles. The van der Waals surface area contributed by atoms with Crippen LogP contribution in [0.3, 0.4) is 0 Å². The molecule has 2 N–H and O–H groups in total. The number of rotatable bonds is 7. The van der Waals surface area contributed by atoms with Gasteiger partial charge in [-0.05, 0) is 44.7 Å². The van der Waals surface area contributed by atoms with Crippen molar-refractivity contribution in [2.24, 2.45) is 0 Å². The maximum atomic E-state index is 12.0. The van der Waals surface area contributed by atoms with E-state index in [-0.39, 0.29) is 23.6 Å². The van der Waals surface area contributed by atoms with Crippen molar-refractivity contribution in [3.05, 3.63) is 28.7 Å². The minimum Gasteiger partial charge on any atom is -0.354 e. The third-order valence-electron chi connectivity index (χ3n) is 2.63. The topological polar surface area (TPSA) is 41.1 Å². The third-order valence-corrected chi connectivity index (χ3v) is 4.27. The van der Waals surface area contributed by atoms with Crippen LogP contribution < -0.4 is 10.6 Å². The molecule has 1 rings (SSSR count). The molecule has 20 heavy (non-hydrogen) atoms. The number of carbonyl (C=O) groups is 1. The Morgan fingerprint density at radius 3 is 2.45 bits per heavy atom. The summed E-state index contributed by atoms with van der Waals surface area (Å²) in [7, 11) is 0. The lowest BCUT2D eigenvalue weighted by molar-refractivity contribution is -0.120. The molecule has 0 aliphatic carbocycles. The van der Waals surface area contributed by atoms with Gasteiger partial charge in [-0.15, -0.1) is 24.2 Å². The summed E-state index contributed by atoms with van der Waals surface area (Å²) in [5.74, 6) is 0.0812. The molecular weight excluding hydrogens is 360 g/mol. The van der Waals surface area contributed by atoms with Gasteiger partial charge in [0.1, 0.15) is 0 Å². The minimum atomic E-state index is -0.0880. The maximum Gasteiger partial charge on any atom is 0.233 e. The first-order valence-electron chi connectivity index (χ1n) is 6.46. The second-order valence-electron chi connectivity index (χ2n) is 4.42. The first kappa shape index (κ1) is 19.8. The number of halogens is 2. The fraction of sp³-hybridized carbons (Fsp3) is 0.500. The van der Waals surface area contributed by atoms with Gasteiger partial charge in [-0.25, -0.2) is 0 Å². The first-order valence-corrected chi connectivity index (χ1v) is 8.13. The zero-order valence-corrected chi connectivity index (χ0v) is 15.2. The van der Waals surface area contributed by atoms with Crippen LogP contribution in [-0.2, 0) is 4.79 Å². The van der Waals surface area contributed by atoms with Crippen LogP contribution in [0, 0.1) is 0 Å². The Bertz CT molecular complexity index is 403. The van der Waals surface area contributed by atoms with Crippen molar-refractivity contribution >= 4 is 46.0 Å². The molecule has 6 heteroatoms. The Morgan fingerprint density at radius 1 is 1.30 bits per heavy atom. The summed E-state index contributed by atoms with van der Waals surface area (Å²) in [6, 6.07) is 8.30. The second-order valence-corrected chi connectivity index (χ2v) is 6.75. The standard InChI is InChI=1S/C14H21BrN2OS.ClH/c1-4-16-10(2)9-17-14(18)11(3)19-13-7-5-12(15)6-8-13;/h5-8,10-11,16H,4,9H2,1-3H3,(H,17,18);1H/t10-,11?;/m1./s1. The van der Waals surface area contributed by atoms with Gasteiger partial charge >= 0.3 is 0 Å². The van der Waals surface area contributed by atoms with Gasteiger partial charge in [-0.1, -0.05) is 22.9 Å². The summed E-state index contributed by atoms with van der Waals surface area (Å²) in [5, 5.41) is 6.15. The van der Waals surface area contributed by atoms with Crippen molar-refractivity contribution in [2.75, 3.05) is 13.1 Å². The van der Waals surface area contributed by atoms with Gasteiger partial charge in [0.15, 0.2) is 0 Å². The summed E-state index contributed by atoms with van der Waals surface area (Å²) in [6.45, 7) is 7.64. The van der Waals surface area contributed by atoms with Gasteiger partial charge in [0.25, 0.3) is 0 Å². The summed E-state index contributed by atoms with van der Waals surface area (Å²) in [4.78, 5) is 13.1. The fourth-order valence-electron chi connectivity index (χ4n) is 1.59. The fourth-order valence-corrected chi connectivity index (χ4v) is 2.75. The second kappa shape index (κ2) is 10.5. The highest BCUT2D eigenvalue weighted by atomic mass is 79.9. The quantitative estimate of drug-likeness (QED) is 0.711. The molecule has 0 fully saturated rings. The van der Waals surface area contributed by atoms with Crippen molar-refractivity contribution in [3.8, 4) is 0 Å². The molecule has 1 unspecified atom stereocenters. The molecule has 0 bridgehead atoms. The summed E-state index contributed by atoms with van der Waals surface area (Å²) >= 11 is 4.97. The average molecular weight is 382 g/mol. The number of hydrogen-bond donors (Lipinski definition) is 2. The minimum absolute atomic E-state index is 0. The monoisotopic (exact) mass is 380 g/mol. The summed E-state index contributed by atoms with van der Waals surface area (Å²) < 4.78 is 1.05. The molecule has 1 aromatic carbocycles. The van der Waals surface area contributed by atoms with E-state index in [4.69, 9.17) is 0 Å². The molecule has 2 atom stereocenters. The van der Waals surface area contributed by atoms with Gasteiger partial charge in [-0.2, -0.15) is 0 Å². The zero-order chi connectivity index (χ0) is 14.3. The number of thioether (sulfide) groups is 1. The van der Waals surface area contributed by atoms with Crippen LogP contribution in [0.2, 0.25) is 0 Å². The molecule has 0 heterocycles. The Kier molecular flexibility index (Phi) is 10.4. The van der Waals surface area contributed by atoms with E-state index < -0.39 is 0 Å². The van der Waals surface area contributed by atoms with Crippen LogP contribution in [0.5, 0.6) is 0 Å². The van der Waals surface area contributed by atoms with Crippen molar-refractivity contribution in [1.82, 2.24) is 10.6 Å². The van der Waals surface area contributed by atoms with Crippen LogP contribution in [-0.4, -0.2) is 30.3 Å². The van der Waals surface area contributed by atoms with Crippen LogP contribution in [0.4, 0.5) is 0 Å². The average Bonchev–Trinajstić information content (AvgIpc) is 2.39. The normalized spacial score (nSPS) is 13.2. The highest BCUT2D eigenvalue weighted by Crippen LogP contribution is 2.24. The summed E-state index contributed by atoms with van der Waals surface area (Å²) in [5.41, 5.74) is 0. The van der Waals surface area contributed by atoms with Gasteiger partial charge in [-0.3, -0.25) is 4.79 Å². The van der Waals surface area contributed by atoms with Crippen molar-refractivity contribution in [2.45, 2.75) is 37.0 Å². The highest BCUT2D eigenvalue weighted by molar-refractivity contribution is 9.10. The van der Waals surface area contributed by atoms with E-state index in [1.807, 2.05) is 31.2 Å². The molecule has 1 amide bonds. The molecule has 0 spiro atoms. The van der Waals surface area contributed by atoms with Gasteiger partial charge in [0.05, 0.1) is 5.25 Å². The first-order chi connectivity index (χ1) is 9.02. The number of nitrogens with one attached hydrogen (secondary N) is 2. The van der Waals surface area contributed by atoms with Crippen molar-refractivity contribution in [1.29, 1.82) is 0 Å². The number of benzene rings is 1. The number of carbonyl (C=O) groups excluding carboxylic acids is 1. The van der Waals surface area contributed by atoms with Crippen LogP contribution in [0.1, 0.15) is 20.8 Å². The van der Waals surface area contributed by atoms with E-state index in [2.05, 4.69) is 40.4 Å². The van der Waals surface area contributed by atoms with E-state index >= 15 is 0 Å². The molecule has 0 aromatic heterocycles. The molecule has 1 aromatic rings.